The van der Waals surface area contributed by atoms with E-state index in [0.717, 1.165) is 19.4 Å². The lowest BCUT2D eigenvalue weighted by molar-refractivity contribution is 0.112. The average molecular weight is 179 g/mol. The minimum atomic E-state index is -0.0990. The molecule has 0 aliphatic rings. The van der Waals surface area contributed by atoms with Crippen molar-refractivity contribution in [3.8, 4) is 0 Å². The van der Waals surface area contributed by atoms with E-state index < -0.39 is 0 Å². The highest BCUT2D eigenvalue weighted by atomic mass is 16.1. The second-order valence-corrected chi connectivity index (χ2v) is 2.96. The van der Waals surface area contributed by atoms with Gasteiger partial charge in [-0.1, -0.05) is 13.3 Å². The summed E-state index contributed by atoms with van der Waals surface area (Å²) in [6.45, 7) is 2.80. The van der Waals surface area contributed by atoms with Crippen molar-refractivity contribution < 1.29 is 4.79 Å². The number of aldehydes is 1. The number of pyridine rings is 1. The van der Waals surface area contributed by atoms with Crippen LogP contribution in [-0.2, 0) is 6.54 Å². The zero-order valence-electron chi connectivity index (χ0n) is 7.69. The van der Waals surface area contributed by atoms with Gasteiger partial charge < -0.3 is 4.57 Å². The van der Waals surface area contributed by atoms with Gasteiger partial charge in [0.05, 0.1) is 0 Å². The maximum atomic E-state index is 11.3. The number of hydrogen-bond acceptors (Lipinski definition) is 2. The Kier molecular flexibility index (Phi) is 3.43. The Bertz CT molecular complexity index is 341. The highest BCUT2D eigenvalue weighted by Gasteiger charge is 1.96. The summed E-state index contributed by atoms with van der Waals surface area (Å²) >= 11 is 0. The molecule has 70 valence electrons. The van der Waals surface area contributed by atoms with Gasteiger partial charge in [0.25, 0.3) is 5.56 Å². The van der Waals surface area contributed by atoms with Crippen LogP contribution < -0.4 is 5.56 Å². The molecule has 3 heteroatoms. The van der Waals surface area contributed by atoms with Gasteiger partial charge in [-0.15, -0.1) is 0 Å². The lowest BCUT2D eigenvalue weighted by Gasteiger charge is -2.03. The Balaban J connectivity index is 2.86. The molecular formula is C10H13NO2. The van der Waals surface area contributed by atoms with E-state index in [0.29, 0.717) is 11.8 Å². The molecule has 1 rings (SSSR count). The SMILES string of the molecule is CCCCn1ccc(C=O)cc1=O. The van der Waals surface area contributed by atoms with Crippen LogP contribution in [0.25, 0.3) is 0 Å². The summed E-state index contributed by atoms with van der Waals surface area (Å²) in [5.74, 6) is 0. The third-order valence-electron chi connectivity index (χ3n) is 1.91. The zero-order valence-corrected chi connectivity index (χ0v) is 7.69. The van der Waals surface area contributed by atoms with Gasteiger partial charge in [-0.25, -0.2) is 0 Å². The quantitative estimate of drug-likeness (QED) is 0.656. The first-order chi connectivity index (χ1) is 6.27. The molecule has 13 heavy (non-hydrogen) atoms. The lowest BCUT2D eigenvalue weighted by atomic mass is 10.3. The topological polar surface area (TPSA) is 39.1 Å². The van der Waals surface area contributed by atoms with Crippen molar-refractivity contribution in [1.82, 2.24) is 4.57 Å². The highest BCUT2D eigenvalue weighted by molar-refractivity contribution is 5.74. The van der Waals surface area contributed by atoms with Gasteiger partial charge in [-0.2, -0.15) is 0 Å². The van der Waals surface area contributed by atoms with Gasteiger partial charge in [0, 0.05) is 24.4 Å². The second-order valence-electron chi connectivity index (χ2n) is 2.96. The van der Waals surface area contributed by atoms with Crippen LogP contribution in [0.3, 0.4) is 0 Å². The molecule has 1 heterocycles. The molecule has 0 atom stereocenters. The third-order valence-corrected chi connectivity index (χ3v) is 1.91. The molecule has 0 aliphatic carbocycles. The lowest BCUT2D eigenvalue weighted by Crippen LogP contribution is -2.18. The maximum Gasteiger partial charge on any atom is 0.251 e. The molecule has 0 radical (unpaired) electrons. The number of aryl methyl sites for hydroxylation is 1. The molecule has 0 bridgehead atoms. The van der Waals surface area contributed by atoms with E-state index >= 15 is 0 Å². The van der Waals surface area contributed by atoms with Crippen molar-refractivity contribution in [2.45, 2.75) is 26.3 Å². The van der Waals surface area contributed by atoms with E-state index in [2.05, 4.69) is 6.92 Å². The van der Waals surface area contributed by atoms with Gasteiger partial charge in [0.2, 0.25) is 0 Å². The minimum absolute atomic E-state index is 0.0990. The fraction of sp³-hybridized carbons (Fsp3) is 0.400. The van der Waals surface area contributed by atoms with Gasteiger partial charge in [-0.3, -0.25) is 9.59 Å². The molecule has 0 amide bonds. The molecule has 0 N–H and O–H groups in total. The van der Waals surface area contributed by atoms with E-state index in [1.165, 1.54) is 6.07 Å². The summed E-state index contributed by atoms with van der Waals surface area (Å²) in [5.41, 5.74) is 0.343. The summed E-state index contributed by atoms with van der Waals surface area (Å²) < 4.78 is 1.62. The number of nitrogens with zero attached hydrogens (tertiary/aromatic N) is 1. The van der Waals surface area contributed by atoms with Gasteiger partial charge in [0.15, 0.2) is 0 Å². The molecule has 1 aromatic rings. The van der Waals surface area contributed by atoms with E-state index in [4.69, 9.17) is 0 Å². The van der Waals surface area contributed by atoms with Crippen molar-refractivity contribution >= 4 is 6.29 Å². The van der Waals surface area contributed by atoms with E-state index in [1.807, 2.05) is 0 Å². The van der Waals surface area contributed by atoms with Crippen LogP contribution >= 0.6 is 0 Å². The van der Waals surface area contributed by atoms with Crippen LogP contribution in [0.1, 0.15) is 30.1 Å². The Morgan fingerprint density at radius 1 is 1.54 bits per heavy atom. The molecule has 0 fully saturated rings. The van der Waals surface area contributed by atoms with Gasteiger partial charge in [0.1, 0.15) is 6.29 Å². The average Bonchev–Trinajstić information content (AvgIpc) is 2.16. The zero-order chi connectivity index (χ0) is 9.68. The van der Waals surface area contributed by atoms with E-state index in [1.54, 1.807) is 16.8 Å². The first kappa shape index (κ1) is 9.71. The maximum absolute atomic E-state index is 11.3. The smallest absolute Gasteiger partial charge is 0.251 e. The molecule has 3 nitrogen and oxygen atoms in total. The van der Waals surface area contributed by atoms with E-state index in [9.17, 15) is 9.59 Å². The van der Waals surface area contributed by atoms with Crippen LogP contribution in [0.15, 0.2) is 23.1 Å². The number of unbranched alkanes of at least 4 members (excludes halogenated alkanes) is 1. The van der Waals surface area contributed by atoms with Crippen molar-refractivity contribution in [2.24, 2.45) is 0 Å². The summed E-state index contributed by atoms with van der Waals surface area (Å²) in [6, 6.07) is 3.02. The third kappa shape index (κ3) is 2.54. The van der Waals surface area contributed by atoms with Crippen LogP contribution in [0.4, 0.5) is 0 Å². The van der Waals surface area contributed by atoms with Crippen molar-refractivity contribution in [2.75, 3.05) is 0 Å². The highest BCUT2D eigenvalue weighted by Crippen LogP contribution is 1.94. The first-order valence-electron chi connectivity index (χ1n) is 4.43. The van der Waals surface area contributed by atoms with Crippen molar-refractivity contribution in [3.05, 3.63) is 34.2 Å². The number of aromatic nitrogens is 1. The molecule has 0 saturated heterocycles. The summed E-state index contributed by atoms with van der Waals surface area (Å²) in [7, 11) is 0. The molecule has 0 aliphatic heterocycles. The molecule has 0 spiro atoms. The molecule has 0 unspecified atom stereocenters. The number of rotatable bonds is 4. The summed E-state index contributed by atoms with van der Waals surface area (Å²) in [5, 5.41) is 0. The minimum Gasteiger partial charge on any atom is -0.315 e. The molecule has 1 aromatic heterocycles. The van der Waals surface area contributed by atoms with Gasteiger partial charge in [-0.05, 0) is 12.5 Å². The number of carbonyl (C=O) groups is 1. The van der Waals surface area contributed by atoms with Crippen LogP contribution in [0, 0.1) is 0 Å². The van der Waals surface area contributed by atoms with Crippen LogP contribution in [0.5, 0.6) is 0 Å². The van der Waals surface area contributed by atoms with Crippen LogP contribution in [-0.4, -0.2) is 10.9 Å². The van der Waals surface area contributed by atoms with Crippen molar-refractivity contribution in [1.29, 1.82) is 0 Å². The number of carbonyl (C=O) groups excluding carboxylic acids is 1. The normalized spacial score (nSPS) is 9.92. The Morgan fingerprint density at radius 2 is 2.31 bits per heavy atom. The van der Waals surface area contributed by atoms with E-state index in [-0.39, 0.29) is 5.56 Å². The first-order valence-corrected chi connectivity index (χ1v) is 4.43. The largest absolute Gasteiger partial charge is 0.315 e. The Hall–Kier alpha value is -1.38. The fourth-order valence-electron chi connectivity index (χ4n) is 1.11. The Labute approximate surface area is 77.0 Å². The monoisotopic (exact) mass is 179 g/mol. The molecule has 0 saturated carbocycles. The van der Waals surface area contributed by atoms with Gasteiger partial charge >= 0.3 is 0 Å². The second kappa shape index (κ2) is 4.60. The standard InChI is InChI=1S/C10H13NO2/c1-2-3-5-11-6-4-9(8-12)7-10(11)13/h4,6-8H,2-3,5H2,1H3. The van der Waals surface area contributed by atoms with Crippen LogP contribution in [0.2, 0.25) is 0 Å². The summed E-state index contributed by atoms with van der Waals surface area (Å²) in [4.78, 5) is 21.6. The Morgan fingerprint density at radius 3 is 2.85 bits per heavy atom. The molecule has 0 aromatic carbocycles. The molecular weight excluding hydrogens is 166 g/mol. The predicted molar refractivity (Wildman–Crippen MR) is 51.0 cm³/mol. The summed E-state index contributed by atoms with van der Waals surface area (Å²) in [6.07, 6.45) is 4.40. The number of hydrogen-bond donors (Lipinski definition) is 0. The predicted octanol–water partition coefficient (Wildman–Crippen LogP) is 1.46. The van der Waals surface area contributed by atoms with Crippen molar-refractivity contribution in [3.63, 3.8) is 0 Å². The fourth-order valence-corrected chi connectivity index (χ4v) is 1.11.